The number of carbonyl (C=O) groups excluding carboxylic acids is 1. The molecule has 80 valence electrons. The molecule has 1 aliphatic carbocycles. The molecule has 1 saturated carbocycles. The summed E-state index contributed by atoms with van der Waals surface area (Å²) in [6.07, 6.45) is 5.16. The van der Waals surface area contributed by atoms with Crippen LogP contribution in [-0.4, -0.2) is 16.4 Å². The summed E-state index contributed by atoms with van der Waals surface area (Å²) in [5, 5.41) is 2.95. The van der Waals surface area contributed by atoms with Gasteiger partial charge in [0.1, 0.15) is 0 Å². The minimum absolute atomic E-state index is 0.0290. The molecule has 0 aliphatic heterocycles. The Labute approximate surface area is 88.0 Å². The number of nitrogens with one attached hydrogen (secondary N) is 2. The SMILES string of the molecule is CC1(NC(=O)c2cnccc2NN)CC1. The second-order valence-electron chi connectivity index (χ2n) is 4.08. The van der Waals surface area contributed by atoms with Gasteiger partial charge in [-0.25, -0.2) is 0 Å². The lowest BCUT2D eigenvalue weighted by Gasteiger charge is -2.13. The number of anilines is 1. The molecule has 15 heavy (non-hydrogen) atoms. The lowest BCUT2D eigenvalue weighted by atomic mass is 10.2. The molecule has 0 radical (unpaired) electrons. The zero-order chi connectivity index (χ0) is 10.9. The number of nitrogen functional groups attached to an aromatic ring is 1. The minimum Gasteiger partial charge on any atom is -0.347 e. The van der Waals surface area contributed by atoms with Gasteiger partial charge in [-0.05, 0) is 25.8 Å². The molecule has 1 heterocycles. The number of nitrogens with two attached hydrogens (primary N) is 1. The van der Waals surface area contributed by atoms with Crippen LogP contribution in [0.5, 0.6) is 0 Å². The molecule has 1 fully saturated rings. The van der Waals surface area contributed by atoms with Gasteiger partial charge >= 0.3 is 0 Å². The van der Waals surface area contributed by atoms with Gasteiger partial charge < -0.3 is 10.7 Å². The Hall–Kier alpha value is -1.62. The fourth-order valence-corrected chi connectivity index (χ4v) is 1.36. The molecule has 5 nitrogen and oxygen atoms in total. The van der Waals surface area contributed by atoms with Crippen LogP contribution in [-0.2, 0) is 0 Å². The summed E-state index contributed by atoms with van der Waals surface area (Å²) in [7, 11) is 0. The molecular formula is C10H14N4O. The highest BCUT2D eigenvalue weighted by molar-refractivity contribution is 5.99. The third-order valence-corrected chi connectivity index (χ3v) is 2.64. The smallest absolute Gasteiger partial charge is 0.255 e. The van der Waals surface area contributed by atoms with E-state index in [1.54, 1.807) is 12.3 Å². The number of aromatic nitrogens is 1. The molecule has 1 amide bonds. The van der Waals surface area contributed by atoms with Gasteiger partial charge in [0.25, 0.3) is 5.91 Å². The Bertz CT molecular complexity index is 387. The van der Waals surface area contributed by atoms with Crippen LogP contribution in [0.4, 0.5) is 5.69 Å². The minimum atomic E-state index is -0.129. The first-order chi connectivity index (χ1) is 7.14. The van der Waals surface area contributed by atoms with Crippen molar-refractivity contribution in [1.82, 2.24) is 10.3 Å². The monoisotopic (exact) mass is 206 g/mol. The van der Waals surface area contributed by atoms with E-state index < -0.39 is 0 Å². The van der Waals surface area contributed by atoms with Crippen LogP contribution in [0.25, 0.3) is 0 Å². The summed E-state index contributed by atoms with van der Waals surface area (Å²) in [5.41, 5.74) is 3.52. The summed E-state index contributed by atoms with van der Waals surface area (Å²) in [6.45, 7) is 2.02. The van der Waals surface area contributed by atoms with Crippen molar-refractivity contribution in [1.29, 1.82) is 0 Å². The Morgan fingerprint density at radius 3 is 2.93 bits per heavy atom. The second kappa shape index (κ2) is 3.51. The topological polar surface area (TPSA) is 80.0 Å². The highest BCUT2D eigenvalue weighted by Gasteiger charge is 2.39. The molecule has 0 atom stereocenters. The van der Waals surface area contributed by atoms with E-state index in [1.165, 1.54) is 6.20 Å². The number of hydrogen-bond donors (Lipinski definition) is 3. The summed E-state index contributed by atoms with van der Waals surface area (Å²) in [4.78, 5) is 15.7. The number of hydrogen-bond acceptors (Lipinski definition) is 4. The van der Waals surface area contributed by atoms with Crippen molar-refractivity contribution < 1.29 is 4.79 Å². The summed E-state index contributed by atoms with van der Waals surface area (Å²) < 4.78 is 0. The first-order valence-electron chi connectivity index (χ1n) is 4.88. The standard InChI is InChI=1S/C10H14N4O/c1-10(3-4-10)13-9(15)7-6-12-5-2-8(7)14-11/h2,5-6H,3-4,11H2,1H3,(H,12,14)(H,13,15). The predicted octanol–water partition coefficient (Wildman–Crippen LogP) is 0.649. The average Bonchev–Trinajstić information content (AvgIpc) is 2.96. The van der Waals surface area contributed by atoms with E-state index in [1.807, 2.05) is 6.92 Å². The van der Waals surface area contributed by atoms with Gasteiger partial charge in [0, 0.05) is 17.9 Å². The van der Waals surface area contributed by atoms with E-state index in [4.69, 9.17) is 5.84 Å². The number of carbonyl (C=O) groups is 1. The Morgan fingerprint density at radius 2 is 2.33 bits per heavy atom. The molecule has 0 saturated heterocycles. The number of rotatable bonds is 3. The largest absolute Gasteiger partial charge is 0.347 e. The maximum Gasteiger partial charge on any atom is 0.255 e. The van der Waals surface area contributed by atoms with Crippen molar-refractivity contribution in [2.75, 3.05) is 5.43 Å². The highest BCUT2D eigenvalue weighted by atomic mass is 16.1. The van der Waals surface area contributed by atoms with Crippen molar-refractivity contribution in [3.05, 3.63) is 24.0 Å². The number of hydrazine groups is 1. The Morgan fingerprint density at radius 1 is 1.60 bits per heavy atom. The van der Waals surface area contributed by atoms with E-state index in [2.05, 4.69) is 15.7 Å². The number of nitrogens with zero attached hydrogens (tertiary/aromatic N) is 1. The van der Waals surface area contributed by atoms with Crippen LogP contribution in [0.15, 0.2) is 18.5 Å². The molecule has 1 aromatic heterocycles. The molecule has 0 spiro atoms. The molecule has 0 unspecified atom stereocenters. The van der Waals surface area contributed by atoms with E-state index in [0.29, 0.717) is 11.3 Å². The fourth-order valence-electron chi connectivity index (χ4n) is 1.36. The van der Waals surface area contributed by atoms with Crippen molar-refractivity contribution in [3.8, 4) is 0 Å². The van der Waals surface area contributed by atoms with E-state index >= 15 is 0 Å². The van der Waals surface area contributed by atoms with Gasteiger partial charge in [0.15, 0.2) is 0 Å². The van der Waals surface area contributed by atoms with E-state index in [0.717, 1.165) is 12.8 Å². The first-order valence-corrected chi connectivity index (χ1v) is 4.88. The molecule has 4 N–H and O–H groups in total. The molecule has 0 aromatic carbocycles. The van der Waals surface area contributed by atoms with Gasteiger partial charge in [0.2, 0.25) is 0 Å². The summed E-state index contributed by atoms with van der Waals surface area (Å²) in [6, 6.07) is 1.67. The normalized spacial score (nSPS) is 16.9. The van der Waals surface area contributed by atoms with Crippen LogP contribution in [0.2, 0.25) is 0 Å². The van der Waals surface area contributed by atoms with Crippen molar-refractivity contribution >= 4 is 11.6 Å². The Balaban J connectivity index is 2.17. The molecule has 0 bridgehead atoms. The molecule has 1 aromatic rings. The number of pyridine rings is 1. The van der Waals surface area contributed by atoms with Crippen molar-refractivity contribution in [3.63, 3.8) is 0 Å². The van der Waals surface area contributed by atoms with Crippen molar-refractivity contribution in [2.45, 2.75) is 25.3 Å². The summed E-state index contributed by atoms with van der Waals surface area (Å²) in [5.74, 6) is 5.18. The van der Waals surface area contributed by atoms with Gasteiger partial charge in [-0.1, -0.05) is 0 Å². The summed E-state index contributed by atoms with van der Waals surface area (Å²) >= 11 is 0. The van der Waals surface area contributed by atoms with Crippen LogP contribution in [0.1, 0.15) is 30.1 Å². The van der Waals surface area contributed by atoms with Gasteiger partial charge in [0.05, 0.1) is 11.3 Å². The first kappa shape index (κ1) is 9.92. The van der Waals surface area contributed by atoms with E-state index in [-0.39, 0.29) is 11.4 Å². The lowest BCUT2D eigenvalue weighted by molar-refractivity contribution is 0.0936. The van der Waals surface area contributed by atoms with Crippen LogP contribution in [0.3, 0.4) is 0 Å². The molecular weight excluding hydrogens is 192 g/mol. The fraction of sp³-hybridized carbons (Fsp3) is 0.400. The van der Waals surface area contributed by atoms with Gasteiger partial charge in [-0.15, -0.1) is 0 Å². The Kier molecular flexibility index (Phi) is 2.32. The van der Waals surface area contributed by atoms with Gasteiger partial charge in [-0.3, -0.25) is 15.6 Å². The third-order valence-electron chi connectivity index (χ3n) is 2.64. The van der Waals surface area contributed by atoms with E-state index in [9.17, 15) is 4.79 Å². The van der Waals surface area contributed by atoms with Gasteiger partial charge in [-0.2, -0.15) is 0 Å². The quantitative estimate of drug-likeness (QED) is 0.501. The zero-order valence-corrected chi connectivity index (χ0v) is 8.58. The third kappa shape index (κ3) is 2.07. The second-order valence-corrected chi connectivity index (χ2v) is 4.08. The van der Waals surface area contributed by atoms with Crippen LogP contribution < -0.4 is 16.6 Å². The lowest BCUT2D eigenvalue weighted by Crippen LogP contribution is -2.34. The van der Waals surface area contributed by atoms with Crippen LogP contribution in [0, 0.1) is 0 Å². The van der Waals surface area contributed by atoms with Crippen molar-refractivity contribution in [2.24, 2.45) is 5.84 Å². The molecule has 1 aliphatic rings. The maximum atomic E-state index is 11.8. The molecule has 2 rings (SSSR count). The number of amides is 1. The van der Waals surface area contributed by atoms with Crippen LogP contribution >= 0.6 is 0 Å². The highest BCUT2D eigenvalue weighted by Crippen LogP contribution is 2.34. The zero-order valence-electron chi connectivity index (χ0n) is 8.58. The predicted molar refractivity (Wildman–Crippen MR) is 57.2 cm³/mol. The maximum absolute atomic E-state index is 11.8. The molecule has 5 heteroatoms. The average molecular weight is 206 g/mol.